The lowest BCUT2D eigenvalue weighted by atomic mass is 9.31. The van der Waals surface area contributed by atoms with Gasteiger partial charge in [0.2, 0.25) is 0 Å². The molecule has 12 heteroatoms. The first-order valence-corrected chi connectivity index (χ1v) is 24.8. The highest BCUT2D eigenvalue weighted by Crippen LogP contribution is 2.77. The minimum Gasteiger partial charge on any atom is -0.481 e. The van der Waals surface area contributed by atoms with Gasteiger partial charge < -0.3 is 55.3 Å². The number of aliphatic carboxylic acids is 1. The number of hydrogen-bond acceptors (Lipinski definition) is 11. The Balaban J connectivity index is 1.24. The van der Waals surface area contributed by atoms with E-state index in [4.69, 9.17) is 14.2 Å². The normalized spacial score (nSPS) is 46.5. The lowest BCUT2D eigenvalue weighted by molar-refractivity contribution is -0.334. The van der Waals surface area contributed by atoms with E-state index in [0.717, 1.165) is 75.5 Å². The molecule has 360 valence electrons. The van der Waals surface area contributed by atoms with E-state index in [9.17, 15) is 40.5 Å². The van der Waals surface area contributed by atoms with E-state index in [0.29, 0.717) is 38.5 Å². The van der Waals surface area contributed by atoms with E-state index in [-0.39, 0.29) is 66.3 Å². The van der Waals surface area contributed by atoms with Crippen molar-refractivity contribution in [2.45, 2.75) is 186 Å². The maximum atomic E-state index is 13.6. The molecule has 16 atom stereocenters. The molecule has 0 spiro atoms. The van der Waals surface area contributed by atoms with Crippen LogP contribution in [0.5, 0.6) is 0 Å². The Kier molecular flexibility index (Phi) is 13.5. The quantitative estimate of drug-likeness (QED) is 0.0819. The largest absolute Gasteiger partial charge is 0.481 e. The maximum Gasteiger partial charge on any atom is 0.310 e. The second kappa shape index (κ2) is 17.8. The molecule has 1 saturated heterocycles. The van der Waals surface area contributed by atoms with Crippen LogP contribution in [0.1, 0.15) is 142 Å². The predicted molar refractivity (Wildman–Crippen MR) is 241 cm³/mol. The van der Waals surface area contributed by atoms with E-state index in [1.807, 2.05) is 7.05 Å². The van der Waals surface area contributed by atoms with Gasteiger partial charge in [0.15, 0.2) is 6.29 Å². The van der Waals surface area contributed by atoms with Crippen molar-refractivity contribution in [1.29, 1.82) is 0 Å². The van der Waals surface area contributed by atoms with Crippen LogP contribution in [0.25, 0.3) is 0 Å². The van der Waals surface area contributed by atoms with Crippen molar-refractivity contribution >= 4 is 5.97 Å². The summed E-state index contributed by atoms with van der Waals surface area (Å²) < 4.78 is 19.8. The second-order valence-corrected chi connectivity index (χ2v) is 23.5. The van der Waals surface area contributed by atoms with Crippen molar-refractivity contribution in [1.82, 2.24) is 5.32 Å². The van der Waals surface area contributed by atoms with Crippen LogP contribution < -0.4 is 5.32 Å². The van der Waals surface area contributed by atoms with Crippen molar-refractivity contribution in [3.8, 4) is 0 Å². The summed E-state index contributed by atoms with van der Waals surface area (Å²) in [5, 5.41) is 81.4. The Morgan fingerprint density at radius 2 is 1.55 bits per heavy atom. The number of carbonyl (C=O) groups is 1. The molecule has 6 fully saturated rings. The van der Waals surface area contributed by atoms with E-state index in [1.54, 1.807) is 0 Å². The monoisotopic (exact) mass is 896 g/mol. The molecule has 8 rings (SSSR count). The molecule has 16 unspecified atom stereocenters. The zero-order valence-corrected chi connectivity index (χ0v) is 39.6. The third kappa shape index (κ3) is 7.97. The van der Waals surface area contributed by atoms with Crippen molar-refractivity contribution in [3.05, 3.63) is 47.0 Å². The van der Waals surface area contributed by atoms with Gasteiger partial charge >= 0.3 is 5.97 Å². The predicted octanol–water partition coefficient (Wildman–Crippen LogP) is 6.26. The Morgan fingerprint density at radius 1 is 0.859 bits per heavy atom. The Labute approximate surface area is 381 Å². The SMILES string of the molecule is CNCc1ccc(COC2CC3(C)C(CCC4(C)C3C(CCC3(O)CCCCC3)C=C3C5CC(C)(CO)CCC5(C(=O)O)CCC34C)C(C)(CO)C2OC2OCC(O)C(O)C2O)cc1. The Morgan fingerprint density at radius 3 is 2.20 bits per heavy atom. The maximum absolute atomic E-state index is 13.6. The summed E-state index contributed by atoms with van der Waals surface area (Å²) >= 11 is 0. The molecule has 6 aliphatic carbocycles. The van der Waals surface area contributed by atoms with Crippen LogP contribution in [-0.4, -0.2) is 111 Å². The topological polar surface area (TPSA) is 198 Å². The highest BCUT2D eigenvalue weighted by Gasteiger charge is 2.73. The summed E-state index contributed by atoms with van der Waals surface area (Å²) in [6, 6.07) is 8.30. The molecule has 64 heavy (non-hydrogen) atoms. The van der Waals surface area contributed by atoms with Crippen LogP contribution >= 0.6 is 0 Å². The fourth-order valence-corrected chi connectivity index (χ4v) is 15.9. The van der Waals surface area contributed by atoms with Crippen LogP contribution in [0, 0.1) is 56.2 Å². The number of benzene rings is 1. The summed E-state index contributed by atoms with van der Waals surface area (Å²) in [6.45, 7) is 12.1. The van der Waals surface area contributed by atoms with Gasteiger partial charge in [-0.3, -0.25) is 4.79 Å². The number of aliphatic hydroxyl groups is 6. The number of carboxylic acids is 1. The fraction of sp³-hybridized carbons (Fsp3) is 0.827. The van der Waals surface area contributed by atoms with Crippen LogP contribution in [-0.2, 0) is 32.2 Å². The molecule has 1 heterocycles. The van der Waals surface area contributed by atoms with Gasteiger partial charge in [0.05, 0.1) is 43.0 Å². The minimum absolute atomic E-state index is 0.000328. The van der Waals surface area contributed by atoms with Crippen molar-refractivity contribution < 1.29 is 54.8 Å². The number of fused-ring (bicyclic) bond motifs is 7. The number of ether oxygens (including phenoxy) is 3. The molecule has 1 aromatic rings. The summed E-state index contributed by atoms with van der Waals surface area (Å²) in [5.41, 5.74) is -0.589. The van der Waals surface area contributed by atoms with Gasteiger partial charge in [0.25, 0.3) is 0 Å². The highest BCUT2D eigenvalue weighted by atomic mass is 16.7. The first-order chi connectivity index (χ1) is 30.3. The molecule has 0 amide bonds. The zero-order valence-electron chi connectivity index (χ0n) is 39.6. The third-order valence-electron chi connectivity index (χ3n) is 19.8. The van der Waals surface area contributed by atoms with E-state index in [1.165, 1.54) is 5.57 Å². The van der Waals surface area contributed by atoms with Crippen LogP contribution in [0.2, 0.25) is 0 Å². The van der Waals surface area contributed by atoms with Gasteiger partial charge in [-0.1, -0.05) is 89.8 Å². The van der Waals surface area contributed by atoms with Gasteiger partial charge in [-0.15, -0.1) is 0 Å². The van der Waals surface area contributed by atoms with Crippen LogP contribution in [0.3, 0.4) is 0 Å². The summed E-state index contributed by atoms with van der Waals surface area (Å²) in [7, 11) is 1.92. The number of allylic oxidation sites excluding steroid dienone is 2. The number of rotatable bonds is 13. The second-order valence-electron chi connectivity index (χ2n) is 23.5. The first-order valence-electron chi connectivity index (χ1n) is 24.8. The average molecular weight is 896 g/mol. The number of hydrogen-bond donors (Lipinski definition) is 8. The number of carboxylic acid groups (broad SMARTS) is 1. The molecule has 12 nitrogen and oxygen atoms in total. The first kappa shape index (κ1) is 48.5. The standard InChI is InChI=1S/C52H81NO11/c1-46(30-54)20-22-52(45(59)60)23-21-49(4)35(36(52)25-46)24-34(14-19-51(61)16-8-7-9-17-51)42-47(2)26-38(62-28-33-12-10-32(11-13-33)27-53-6)43(64-44-41(58)40(57)37(56)29-63-44)48(3,31-55)39(47)15-18-50(42,49)5/h10-13,24,34,36-44,53-58,61H,7-9,14-23,25-31H2,1-6H3,(H,59,60). The molecule has 0 radical (unpaired) electrons. The molecule has 1 aromatic carbocycles. The molecule has 1 aliphatic heterocycles. The molecule has 5 saturated carbocycles. The smallest absolute Gasteiger partial charge is 0.310 e. The average Bonchev–Trinajstić information content (AvgIpc) is 3.27. The molecule has 0 aromatic heterocycles. The van der Waals surface area contributed by atoms with E-state index in [2.05, 4.69) is 70.3 Å². The lowest BCUT2D eigenvalue weighted by Gasteiger charge is -2.73. The summed E-state index contributed by atoms with van der Waals surface area (Å²) in [4.78, 5) is 13.6. The van der Waals surface area contributed by atoms with Gasteiger partial charge in [0.1, 0.15) is 18.3 Å². The minimum atomic E-state index is -1.51. The zero-order chi connectivity index (χ0) is 46.1. The molecular formula is C52H81NO11. The van der Waals surface area contributed by atoms with Crippen LogP contribution in [0.4, 0.5) is 0 Å². The van der Waals surface area contributed by atoms with E-state index < -0.39 is 64.6 Å². The number of aliphatic hydroxyl groups excluding tert-OH is 5. The Bertz CT molecular complexity index is 1850. The molecule has 8 N–H and O–H groups in total. The van der Waals surface area contributed by atoms with Crippen LogP contribution in [0.15, 0.2) is 35.9 Å². The van der Waals surface area contributed by atoms with E-state index >= 15 is 0 Å². The van der Waals surface area contributed by atoms with Crippen molar-refractivity contribution in [2.75, 3.05) is 26.9 Å². The molecule has 0 bridgehead atoms. The highest BCUT2D eigenvalue weighted by molar-refractivity contribution is 5.76. The van der Waals surface area contributed by atoms with Gasteiger partial charge in [-0.05, 0) is 141 Å². The van der Waals surface area contributed by atoms with Crippen molar-refractivity contribution in [2.24, 2.45) is 56.2 Å². The van der Waals surface area contributed by atoms with Gasteiger partial charge in [0, 0.05) is 18.6 Å². The lowest BCUT2D eigenvalue weighted by Crippen LogP contribution is -2.70. The molecular weight excluding hydrogens is 815 g/mol. The summed E-state index contributed by atoms with van der Waals surface area (Å²) in [5.74, 6) is -0.940. The van der Waals surface area contributed by atoms with Gasteiger partial charge in [-0.2, -0.15) is 0 Å². The van der Waals surface area contributed by atoms with Gasteiger partial charge in [-0.25, -0.2) is 0 Å². The van der Waals surface area contributed by atoms with Crippen molar-refractivity contribution in [3.63, 3.8) is 0 Å². The molecule has 7 aliphatic rings. The fourth-order valence-electron chi connectivity index (χ4n) is 15.9. The Hall–Kier alpha value is -1.97. The summed E-state index contributed by atoms with van der Waals surface area (Å²) in [6.07, 6.45) is 7.20. The third-order valence-corrected chi connectivity index (χ3v) is 19.8. The number of nitrogens with one attached hydrogen (secondary N) is 1.